The maximum Gasteiger partial charge on any atom is 0.253 e. The molecule has 6 heteroatoms. The molecule has 24 heavy (non-hydrogen) atoms. The molecule has 3 heterocycles. The third-order valence-corrected chi connectivity index (χ3v) is 3.77. The molecule has 0 saturated heterocycles. The zero-order chi connectivity index (χ0) is 16.8. The molecular formula is C18H18N4O2. The molecule has 0 bridgehead atoms. The van der Waals surface area contributed by atoms with Gasteiger partial charge in [-0.2, -0.15) is 0 Å². The van der Waals surface area contributed by atoms with Crippen molar-refractivity contribution in [1.29, 1.82) is 0 Å². The van der Waals surface area contributed by atoms with E-state index < -0.39 is 0 Å². The van der Waals surface area contributed by atoms with Gasteiger partial charge in [-0.25, -0.2) is 9.97 Å². The first-order valence-corrected chi connectivity index (χ1v) is 7.89. The van der Waals surface area contributed by atoms with Crippen LogP contribution < -0.4 is 4.90 Å². The summed E-state index contributed by atoms with van der Waals surface area (Å²) in [5.74, 6) is 1.19. The maximum absolute atomic E-state index is 11.5. The molecule has 0 N–H and O–H groups in total. The monoisotopic (exact) mass is 322 g/mol. The summed E-state index contributed by atoms with van der Waals surface area (Å²) in [4.78, 5) is 35.2. The average Bonchev–Trinajstić information content (AvgIpc) is 2.95. The summed E-state index contributed by atoms with van der Waals surface area (Å²) in [6.07, 6.45) is 7.67. The van der Waals surface area contributed by atoms with Crippen LogP contribution in [0.25, 0.3) is 0 Å². The second kappa shape index (κ2) is 7.50. The second-order valence-electron chi connectivity index (χ2n) is 5.40. The Morgan fingerprint density at radius 1 is 0.833 bits per heavy atom. The van der Waals surface area contributed by atoms with Crippen LogP contribution in [0.2, 0.25) is 0 Å². The molecule has 0 unspecified atom stereocenters. The Hall–Kier alpha value is -3.02. The van der Waals surface area contributed by atoms with E-state index in [4.69, 9.17) is 0 Å². The molecule has 2 aromatic rings. The topological polar surface area (TPSA) is 66.4 Å². The quantitative estimate of drug-likeness (QED) is 0.578. The number of rotatable bonds is 7. The minimum Gasteiger partial charge on any atom is -0.311 e. The van der Waals surface area contributed by atoms with Gasteiger partial charge in [0.05, 0.1) is 0 Å². The largest absolute Gasteiger partial charge is 0.311 e. The summed E-state index contributed by atoms with van der Waals surface area (Å²) in [5.41, 5.74) is 0. The van der Waals surface area contributed by atoms with Crippen LogP contribution in [-0.2, 0) is 9.59 Å². The van der Waals surface area contributed by atoms with Gasteiger partial charge in [-0.3, -0.25) is 14.5 Å². The molecule has 0 saturated carbocycles. The molecule has 2 aromatic heterocycles. The molecule has 122 valence electrons. The van der Waals surface area contributed by atoms with Crippen LogP contribution in [0.4, 0.5) is 11.6 Å². The van der Waals surface area contributed by atoms with Crippen LogP contribution >= 0.6 is 0 Å². The summed E-state index contributed by atoms with van der Waals surface area (Å²) in [7, 11) is 0. The zero-order valence-electron chi connectivity index (χ0n) is 13.2. The zero-order valence-corrected chi connectivity index (χ0v) is 13.2. The van der Waals surface area contributed by atoms with Crippen molar-refractivity contribution in [2.45, 2.75) is 12.8 Å². The predicted octanol–water partition coefficient (Wildman–Crippen LogP) is 2.32. The van der Waals surface area contributed by atoms with Crippen LogP contribution in [0.5, 0.6) is 0 Å². The highest BCUT2D eigenvalue weighted by molar-refractivity contribution is 6.12. The highest BCUT2D eigenvalue weighted by Gasteiger charge is 2.22. The van der Waals surface area contributed by atoms with Crippen LogP contribution in [-0.4, -0.2) is 39.8 Å². The SMILES string of the molecule is O=C1C=CC(=O)N1CCCCN(c1ccccn1)c1ccccn1. The van der Waals surface area contributed by atoms with Gasteiger partial charge in [0, 0.05) is 37.6 Å². The van der Waals surface area contributed by atoms with Gasteiger partial charge in [-0.1, -0.05) is 12.1 Å². The average molecular weight is 322 g/mol. The van der Waals surface area contributed by atoms with Gasteiger partial charge in [0.15, 0.2) is 0 Å². The van der Waals surface area contributed by atoms with Gasteiger partial charge in [-0.15, -0.1) is 0 Å². The van der Waals surface area contributed by atoms with E-state index in [2.05, 4.69) is 9.97 Å². The number of carbonyl (C=O) groups excluding carboxylic acids is 2. The first-order chi connectivity index (χ1) is 11.8. The standard InChI is InChI=1S/C18H18N4O2/c23-17-9-10-18(24)22(17)14-6-5-13-21(15-7-1-3-11-19-15)16-8-2-4-12-20-16/h1-4,7-12H,5-6,13-14H2. The van der Waals surface area contributed by atoms with E-state index in [9.17, 15) is 9.59 Å². The second-order valence-corrected chi connectivity index (χ2v) is 5.40. The smallest absolute Gasteiger partial charge is 0.253 e. The van der Waals surface area contributed by atoms with Crippen molar-refractivity contribution >= 4 is 23.5 Å². The van der Waals surface area contributed by atoms with E-state index >= 15 is 0 Å². The van der Waals surface area contributed by atoms with Crippen molar-refractivity contribution in [3.8, 4) is 0 Å². The summed E-state index contributed by atoms with van der Waals surface area (Å²) in [6, 6.07) is 11.5. The Morgan fingerprint density at radius 3 is 1.92 bits per heavy atom. The Morgan fingerprint density at radius 2 is 1.42 bits per heavy atom. The fourth-order valence-electron chi connectivity index (χ4n) is 2.56. The Kier molecular flexibility index (Phi) is 4.96. The third-order valence-electron chi connectivity index (χ3n) is 3.77. The van der Waals surface area contributed by atoms with Crippen molar-refractivity contribution < 1.29 is 9.59 Å². The van der Waals surface area contributed by atoms with Gasteiger partial charge in [0.2, 0.25) is 0 Å². The number of imide groups is 1. The first-order valence-electron chi connectivity index (χ1n) is 7.89. The first kappa shape index (κ1) is 15.9. The van der Waals surface area contributed by atoms with E-state index in [0.717, 1.165) is 24.5 Å². The number of nitrogens with zero attached hydrogens (tertiary/aromatic N) is 4. The fourth-order valence-corrected chi connectivity index (χ4v) is 2.56. The molecule has 0 fully saturated rings. The number of hydrogen-bond acceptors (Lipinski definition) is 5. The van der Waals surface area contributed by atoms with Crippen molar-refractivity contribution in [2.24, 2.45) is 0 Å². The van der Waals surface area contributed by atoms with Gasteiger partial charge in [0.1, 0.15) is 11.6 Å². The third kappa shape index (κ3) is 3.65. The minimum absolute atomic E-state index is 0.230. The van der Waals surface area contributed by atoms with Crippen molar-refractivity contribution in [2.75, 3.05) is 18.0 Å². The van der Waals surface area contributed by atoms with E-state index in [1.807, 2.05) is 41.3 Å². The van der Waals surface area contributed by atoms with Gasteiger partial charge >= 0.3 is 0 Å². The molecule has 6 nitrogen and oxygen atoms in total. The lowest BCUT2D eigenvalue weighted by Gasteiger charge is -2.23. The lowest BCUT2D eigenvalue weighted by molar-refractivity contribution is -0.136. The van der Waals surface area contributed by atoms with Crippen molar-refractivity contribution in [3.05, 3.63) is 60.9 Å². The van der Waals surface area contributed by atoms with E-state index in [1.165, 1.54) is 17.1 Å². The number of pyridine rings is 2. The van der Waals surface area contributed by atoms with E-state index in [0.29, 0.717) is 13.1 Å². The molecule has 2 amide bonds. The Balaban J connectivity index is 1.61. The van der Waals surface area contributed by atoms with Crippen molar-refractivity contribution in [1.82, 2.24) is 14.9 Å². The van der Waals surface area contributed by atoms with E-state index in [-0.39, 0.29) is 11.8 Å². The lowest BCUT2D eigenvalue weighted by atomic mass is 10.2. The summed E-state index contributed by atoms with van der Waals surface area (Å²) >= 11 is 0. The van der Waals surface area contributed by atoms with Gasteiger partial charge in [0.25, 0.3) is 11.8 Å². The molecule has 1 aliphatic rings. The highest BCUT2D eigenvalue weighted by atomic mass is 16.2. The van der Waals surface area contributed by atoms with Crippen molar-refractivity contribution in [3.63, 3.8) is 0 Å². The number of hydrogen-bond donors (Lipinski definition) is 0. The minimum atomic E-state index is -0.230. The Labute approximate surface area is 140 Å². The Bertz CT molecular complexity index is 674. The number of carbonyl (C=O) groups is 2. The molecule has 0 atom stereocenters. The number of unbranched alkanes of at least 4 members (excludes halogenated alkanes) is 1. The highest BCUT2D eigenvalue weighted by Crippen LogP contribution is 2.21. The predicted molar refractivity (Wildman–Crippen MR) is 90.6 cm³/mol. The molecular weight excluding hydrogens is 304 g/mol. The van der Waals surface area contributed by atoms with Gasteiger partial charge in [-0.05, 0) is 37.1 Å². The maximum atomic E-state index is 11.5. The van der Waals surface area contributed by atoms with Crippen LogP contribution in [0.3, 0.4) is 0 Å². The molecule has 1 aliphatic heterocycles. The number of anilines is 2. The molecule has 3 rings (SSSR count). The molecule has 0 aromatic carbocycles. The van der Waals surface area contributed by atoms with Crippen LogP contribution in [0.15, 0.2) is 60.9 Å². The molecule has 0 radical (unpaired) electrons. The van der Waals surface area contributed by atoms with Gasteiger partial charge < -0.3 is 4.90 Å². The number of amides is 2. The fraction of sp³-hybridized carbons (Fsp3) is 0.222. The summed E-state index contributed by atoms with van der Waals surface area (Å²) in [5, 5.41) is 0. The lowest BCUT2D eigenvalue weighted by Crippen LogP contribution is -2.31. The molecule has 0 aliphatic carbocycles. The number of aromatic nitrogens is 2. The summed E-state index contributed by atoms with van der Waals surface area (Å²) in [6.45, 7) is 1.14. The summed E-state index contributed by atoms with van der Waals surface area (Å²) < 4.78 is 0. The van der Waals surface area contributed by atoms with Crippen LogP contribution in [0, 0.1) is 0 Å². The van der Waals surface area contributed by atoms with E-state index in [1.54, 1.807) is 12.4 Å². The van der Waals surface area contributed by atoms with Crippen LogP contribution in [0.1, 0.15) is 12.8 Å². The normalized spacial score (nSPS) is 13.6. The molecule has 0 spiro atoms.